The summed E-state index contributed by atoms with van der Waals surface area (Å²) < 4.78 is 27.2. The fraction of sp³-hybridized carbons (Fsp3) is 0.333. The number of carbonyl (C=O) groups excluding carboxylic acids is 3. The van der Waals surface area contributed by atoms with Gasteiger partial charge in [0.05, 0.1) is 6.61 Å². The minimum Gasteiger partial charge on any atom is -0.493 e. The summed E-state index contributed by atoms with van der Waals surface area (Å²) in [7, 11) is 0. The maximum atomic E-state index is 14.0. The van der Waals surface area contributed by atoms with E-state index in [4.69, 9.17) is 9.47 Å². The second kappa shape index (κ2) is 12.7. The Kier molecular flexibility index (Phi) is 8.44. The van der Waals surface area contributed by atoms with Crippen molar-refractivity contribution in [2.45, 2.75) is 57.7 Å². The summed E-state index contributed by atoms with van der Waals surface area (Å²) in [5, 5.41) is 4.14. The van der Waals surface area contributed by atoms with E-state index in [1.165, 1.54) is 34.1 Å². The van der Waals surface area contributed by atoms with Gasteiger partial charge in [0, 0.05) is 36.8 Å². The first-order chi connectivity index (χ1) is 21.4. The van der Waals surface area contributed by atoms with Gasteiger partial charge in [-0.15, -0.1) is 0 Å². The minimum absolute atomic E-state index is 0.00348. The van der Waals surface area contributed by atoms with Crippen LogP contribution in [0.2, 0.25) is 0 Å². The highest BCUT2D eigenvalue weighted by Crippen LogP contribution is 2.33. The molecule has 3 aliphatic rings. The van der Waals surface area contributed by atoms with Gasteiger partial charge in [-0.25, -0.2) is 14.1 Å². The number of fused-ring (bicyclic) bond motifs is 2. The quantitative estimate of drug-likeness (QED) is 0.453. The molecule has 3 aromatic rings. The topological polar surface area (TPSA) is 110 Å². The lowest BCUT2D eigenvalue weighted by molar-refractivity contribution is -0.121. The number of nitrogens with one attached hydrogen (secondary N) is 1. The lowest BCUT2D eigenvalue weighted by atomic mass is 10.1. The Hall–Kier alpha value is -4.93. The van der Waals surface area contributed by atoms with Crippen molar-refractivity contribution in [3.63, 3.8) is 0 Å². The van der Waals surface area contributed by atoms with E-state index in [1.54, 1.807) is 4.90 Å². The number of ether oxygens (including phenoxy) is 2. The van der Waals surface area contributed by atoms with E-state index in [0.29, 0.717) is 31.4 Å². The van der Waals surface area contributed by atoms with Crippen molar-refractivity contribution in [2.75, 3.05) is 18.3 Å². The molecule has 1 saturated carbocycles. The number of amides is 3. The Morgan fingerprint density at radius 2 is 1.80 bits per heavy atom. The molecule has 10 nitrogen and oxygen atoms in total. The average Bonchev–Trinajstić information content (AvgIpc) is 3.87. The number of nitrogens with zero attached hydrogens (tertiary/aromatic N) is 3. The van der Waals surface area contributed by atoms with E-state index >= 15 is 0 Å². The zero-order valence-electron chi connectivity index (χ0n) is 24.2. The Morgan fingerprint density at radius 1 is 1.00 bits per heavy atom. The van der Waals surface area contributed by atoms with E-state index in [2.05, 4.69) is 5.32 Å². The lowest BCUT2D eigenvalue weighted by Gasteiger charge is -2.39. The average molecular weight is 601 g/mol. The van der Waals surface area contributed by atoms with E-state index in [0.717, 1.165) is 18.4 Å². The maximum absolute atomic E-state index is 14.0. The van der Waals surface area contributed by atoms with Crippen LogP contribution in [0.15, 0.2) is 71.7 Å². The molecule has 228 valence electrons. The molecule has 2 aliphatic heterocycles. The monoisotopic (exact) mass is 600 g/mol. The number of rotatable bonds is 4. The predicted octanol–water partition coefficient (Wildman–Crippen LogP) is 4.05. The third-order valence-electron chi connectivity index (χ3n) is 7.84. The SMILES string of the molecule is O=C1NCc2ccc(F)cc2OCC/C=C\CCCC(=O)N2CN(C3CC3)C(=O)c3c(OCc4ccccc4)c(=O)c1cn32. The van der Waals surface area contributed by atoms with Crippen LogP contribution in [0.5, 0.6) is 11.5 Å². The molecule has 0 unspecified atom stereocenters. The van der Waals surface area contributed by atoms with Crippen molar-refractivity contribution < 1.29 is 28.2 Å². The van der Waals surface area contributed by atoms with Gasteiger partial charge in [0.25, 0.3) is 11.8 Å². The fourth-order valence-electron chi connectivity index (χ4n) is 5.32. The van der Waals surface area contributed by atoms with Crippen LogP contribution >= 0.6 is 0 Å². The molecule has 3 amide bonds. The summed E-state index contributed by atoms with van der Waals surface area (Å²) in [4.78, 5) is 56.5. The van der Waals surface area contributed by atoms with Crippen molar-refractivity contribution in [3.8, 4) is 11.5 Å². The number of halogens is 1. The molecule has 1 fully saturated rings. The highest BCUT2D eigenvalue weighted by atomic mass is 19.1. The highest BCUT2D eigenvalue weighted by Gasteiger charge is 2.43. The summed E-state index contributed by atoms with van der Waals surface area (Å²) in [6.45, 7) is 0.223. The Labute approximate surface area is 253 Å². The van der Waals surface area contributed by atoms with Crippen LogP contribution in [0.25, 0.3) is 0 Å². The largest absolute Gasteiger partial charge is 0.493 e. The van der Waals surface area contributed by atoms with Gasteiger partial charge < -0.3 is 19.7 Å². The Morgan fingerprint density at radius 3 is 2.59 bits per heavy atom. The Bertz CT molecular complexity index is 1670. The first-order valence-electron chi connectivity index (χ1n) is 14.8. The van der Waals surface area contributed by atoms with Gasteiger partial charge in [-0.05, 0) is 43.7 Å². The highest BCUT2D eigenvalue weighted by molar-refractivity contribution is 6.01. The second-order valence-electron chi connectivity index (χ2n) is 11.0. The normalized spacial score (nSPS) is 18.4. The number of pyridine rings is 1. The molecule has 11 heteroatoms. The number of allylic oxidation sites excluding steroid dienone is 1. The van der Waals surface area contributed by atoms with Crippen molar-refractivity contribution >= 4 is 17.7 Å². The molecule has 2 bridgehead atoms. The minimum atomic E-state index is -0.766. The van der Waals surface area contributed by atoms with Gasteiger partial charge in [0.15, 0.2) is 11.4 Å². The van der Waals surface area contributed by atoms with Gasteiger partial charge in [-0.1, -0.05) is 48.6 Å². The molecule has 1 aliphatic carbocycles. The summed E-state index contributed by atoms with van der Waals surface area (Å²) in [6.07, 6.45) is 8.74. The van der Waals surface area contributed by atoms with Crippen LogP contribution in [-0.2, 0) is 17.9 Å². The van der Waals surface area contributed by atoms with E-state index in [1.807, 2.05) is 42.5 Å². The van der Waals surface area contributed by atoms with Crippen LogP contribution in [-0.4, -0.2) is 46.6 Å². The maximum Gasteiger partial charge on any atom is 0.278 e. The van der Waals surface area contributed by atoms with Gasteiger partial charge in [0.2, 0.25) is 11.3 Å². The molecular formula is C33H33FN4O6. The molecule has 1 N–H and O–H groups in total. The summed E-state index contributed by atoms with van der Waals surface area (Å²) in [5.41, 5.74) is 0.135. The molecule has 0 saturated heterocycles. The van der Waals surface area contributed by atoms with Crippen molar-refractivity contribution in [2.24, 2.45) is 0 Å². The predicted molar refractivity (Wildman–Crippen MR) is 159 cm³/mol. The molecule has 6 rings (SSSR count). The van der Waals surface area contributed by atoms with Crippen LogP contribution in [0.3, 0.4) is 0 Å². The van der Waals surface area contributed by atoms with Gasteiger partial charge in [-0.3, -0.25) is 19.2 Å². The molecule has 0 atom stereocenters. The van der Waals surface area contributed by atoms with Crippen LogP contribution < -0.4 is 25.2 Å². The van der Waals surface area contributed by atoms with Crippen molar-refractivity contribution in [1.82, 2.24) is 14.9 Å². The first-order valence-corrected chi connectivity index (χ1v) is 14.8. The molecule has 2 aromatic carbocycles. The molecule has 1 aromatic heterocycles. The van der Waals surface area contributed by atoms with Crippen LogP contribution in [0.4, 0.5) is 4.39 Å². The molecule has 0 spiro atoms. The fourth-order valence-corrected chi connectivity index (χ4v) is 5.32. The van der Waals surface area contributed by atoms with Crippen molar-refractivity contribution in [3.05, 3.63) is 105 Å². The number of hydrogen-bond donors (Lipinski definition) is 1. The summed E-state index contributed by atoms with van der Waals surface area (Å²) >= 11 is 0. The molecule has 0 radical (unpaired) electrons. The molecular weight excluding hydrogens is 567 g/mol. The third-order valence-corrected chi connectivity index (χ3v) is 7.84. The van der Waals surface area contributed by atoms with E-state index < -0.39 is 23.1 Å². The zero-order chi connectivity index (χ0) is 30.6. The smallest absolute Gasteiger partial charge is 0.278 e. The summed E-state index contributed by atoms with van der Waals surface area (Å²) in [6, 6.07) is 13.1. The standard InChI is InChI=1S/C33H33FN4O6/c34-24-13-12-23-18-35-32(41)26-19-37-29(31(30(26)40)44-20-22-9-5-4-6-10-22)33(42)36(25-14-15-25)21-38(37)28(39)11-7-2-1-3-8-16-43-27(23)17-24/h1,3-6,9-10,12-13,17,19,25H,2,7-8,11,14-16,18,20-21H2,(H,35,41)/b3-1-. The lowest BCUT2D eigenvalue weighted by Crippen LogP contribution is -2.57. The first kappa shape index (κ1) is 29.2. The van der Waals surface area contributed by atoms with Crippen molar-refractivity contribution in [1.29, 1.82) is 0 Å². The van der Waals surface area contributed by atoms with Gasteiger partial charge in [-0.2, -0.15) is 0 Å². The van der Waals surface area contributed by atoms with Gasteiger partial charge in [0.1, 0.15) is 30.4 Å². The van der Waals surface area contributed by atoms with E-state index in [-0.39, 0.29) is 60.9 Å². The molecule has 44 heavy (non-hydrogen) atoms. The van der Waals surface area contributed by atoms with Crippen LogP contribution in [0, 0.1) is 5.82 Å². The Balaban J connectivity index is 1.43. The van der Waals surface area contributed by atoms with Gasteiger partial charge >= 0.3 is 0 Å². The number of carbonyl (C=O) groups is 3. The zero-order valence-corrected chi connectivity index (χ0v) is 24.2. The van der Waals surface area contributed by atoms with E-state index in [9.17, 15) is 23.6 Å². The second-order valence-corrected chi connectivity index (χ2v) is 11.0. The van der Waals surface area contributed by atoms with Crippen LogP contribution in [0.1, 0.15) is 70.5 Å². The molecule has 3 heterocycles. The number of benzene rings is 2. The summed E-state index contributed by atoms with van der Waals surface area (Å²) in [5.74, 6) is -1.90. The number of hydrogen-bond acceptors (Lipinski definition) is 6. The third kappa shape index (κ3) is 6.22. The number of aromatic nitrogens is 1.